The predicted molar refractivity (Wildman–Crippen MR) is 176 cm³/mol. The number of amides is 2. The van der Waals surface area contributed by atoms with Crippen LogP contribution in [0.2, 0.25) is 0 Å². The molecule has 1 aromatic carbocycles. The van der Waals surface area contributed by atoms with Crippen molar-refractivity contribution in [2.24, 2.45) is 5.92 Å². The van der Waals surface area contributed by atoms with E-state index in [4.69, 9.17) is 4.74 Å². The largest absolute Gasteiger partial charge is 0.444 e. The van der Waals surface area contributed by atoms with E-state index in [2.05, 4.69) is 27.5 Å². The molecule has 1 aliphatic carbocycles. The van der Waals surface area contributed by atoms with Crippen molar-refractivity contribution in [1.82, 2.24) is 24.7 Å². The lowest BCUT2D eigenvalue weighted by Gasteiger charge is -2.34. The van der Waals surface area contributed by atoms with Gasteiger partial charge in [-0.05, 0) is 141 Å². The maximum atomic E-state index is 14.4. The zero-order chi connectivity index (χ0) is 32.3. The van der Waals surface area contributed by atoms with Crippen molar-refractivity contribution < 1.29 is 18.7 Å². The Balaban J connectivity index is 1.20. The van der Waals surface area contributed by atoms with Gasteiger partial charge in [0.2, 0.25) is 0 Å². The number of alkyl carbamates (subject to hydrolysis) is 1. The van der Waals surface area contributed by atoms with Gasteiger partial charge in [0.05, 0.1) is 23.0 Å². The number of benzene rings is 1. The number of hydrogen-bond acceptors (Lipinski definition) is 5. The standard InChI is InChI=1S/C36H50FN5O3/c1-24(2)40(6)34(43)30-21-27(37)9-12-32(30)42-23-31(29-13-17-38-22-33(29)42)26-15-19-41(20-16-26)18-14-25-7-10-28(11-8-25)39-35(44)45-36(3,4)5/h9,12-13,17,21-26,28H,7-8,10-11,14-16,18-20H2,1-6H3,(H,39,44)/t25-,28-. The Morgan fingerprint density at radius 3 is 2.47 bits per heavy atom. The first-order chi connectivity index (χ1) is 21.4. The summed E-state index contributed by atoms with van der Waals surface area (Å²) in [4.78, 5) is 34.2. The fourth-order valence-corrected chi connectivity index (χ4v) is 6.84. The van der Waals surface area contributed by atoms with Crippen molar-refractivity contribution in [3.8, 4) is 5.69 Å². The Bertz CT molecular complexity index is 1480. The number of rotatable bonds is 8. The summed E-state index contributed by atoms with van der Waals surface area (Å²) >= 11 is 0. The summed E-state index contributed by atoms with van der Waals surface area (Å²) < 4.78 is 21.9. The third-order valence-corrected chi connectivity index (χ3v) is 9.63. The van der Waals surface area contributed by atoms with Crippen LogP contribution in [-0.2, 0) is 4.74 Å². The highest BCUT2D eigenvalue weighted by atomic mass is 19.1. The van der Waals surface area contributed by atoms with Crippen LogP contribution in [0.3, 0.4) is 0 Å². The molecule has 1 saturated heterocycles. The number of pyridine rings is 1. The predicted octanol–water partition coefficient (Wildman–Crippen LogP) is 7.30. The summed E-state index contributed by atoms with van der Waals surface area (Å²) in [6.07, 6.45) is 13.2. The molecule has 2 fully saturated rings. The van der Waals surface area contributed by atoms with E-state index >= 15 is 0 Å². The van der Waals surface area contributed by atoms with E-state index in [0.29, 0.717) is 23.1 Å². The number of nitrogens with zero attached hydrogens (tertiary/aromatic N) is 4. The molecule has 9 heteroatoms. The summed E-state index contributed by atoms with van der Waals surface area (Å²) in [6, 6.07) is 6.74. The molecule has 45 heavy (non-hydrogen) atoms. The van der Waals surface area contributed by atoms with Gasteiger partial charge >= 0.3 is 6.09 Å². The molecule has 2 aromatic heterocycles. The monoisotopic (exact) mass is 619 g/mol. The highest BCUT2D eigenvalue weighted by Gasteiger charge is 2.28. The summed E-state index contributed by atoms with van der Waals surface area (Å²) in [7, 11) is 1.76. The Labute approximate surface area is 267 Å². The molecular formula is C36H50FN5O3. The number of ether oxygens (including phenoxy) is 1. The van der Waals surface area contributed by atoms with E-state index < -0.39 is 11.4 Å². The van der Waals surface area contributed by atoms with Gasteiger partial charge in [0, 0.05) is 36.9 Å². The van der Waals surface area contributed by atoms with Gasteiger partial charge in [-0.25, -0.2) is 9.18 Å². The van der Waals surface area contributed by atoms with Crippen molar-refractivity contribution in [3.63, 3.8) is 0 Å². The summed E-state index contributed by atoms with van der Waals surface area (Å²) in [5.74, 6) is 0.479. The minimum absolute atomic E-state index is 0.00589. The van der Waals surface area contributed by atoms with Crippen molar-refractivity contribution in [3.05, 3.63) is 59.8 Å². The summed E-state index contributed by atoms with van der Waals surface area (Å²) in [5, 5.41) is 4.19. The molecule has 1 aliphatic heterocycles. The van der Waals surface area contributed by atoms with Gasteiger partial charge in [-0.3, -0.25) is 9.78 Å². The van der Waals surface area contributed by atoms with Gasteiger partial charge in [-0.1, -0.05) is 0 Å². The van der Waals surface area contributed by atoms with Crippen LogP contribution in [0.15, 0.2) is 42.9 Å². The topological polar surface area (TPSA) is 79.7 Å². The van der Waals surface area contributed by atoms with Gasteiger partial charge in [-0.2, -0.15) is 0 Å². The lowest BCUT2D eigenvalue weighted by atomic mass is 9.83. The molecule has 0 atom stereocenters. The van der Waals surface area contributed by atoms with Crippen LogP contribution in [-0.4, -0.2) is 75.7 Å². The van der Waals surface area contributed by atoms with Crippen LogP contribution in [0.4, 0.5) is 9.18 Å². The molecular weight excluding hydrogens is 569 g/mol. The van der Waals surface area contributed by atoms with E-state index in [1.807, 2.05) is 51.6 Å². The second kappa shape index (κ2) is 13.9. The first kappa shape index (κ1) is 32.9. The molecule has 2 amide bonds. The van der Waals surface area contributed by atoms with E-state index in [9.17, 15) is 14.0 Å². The molecule has 244 valence electrons. The average molecular weight is 620 g/mol. The van der Waals surface area contributed by atoms with Gasteiger partial charge < -0.3 is 24.4 Å². The van der Waals surface area contributed by atoms with Crippen LogP contribution in [0.5, 0.6) is 0 Å². The maximum Gasteiger partial charge on any atom is 0.407 e. The molecule has 0 unspecified atom stereocenters. The van der Waals surface area contributed by atoms with Crippen LogP contribution in [0.25, 0.3) is 16.6 Å². The van der Waals surface area contributed by atoms with E-state index in [1.165, 1.54) is 24.1 Å². The molecule has 2 aliphatic rings. The minimum Gasteiger partial charge on any atom is -0.444 e. The number of halogens is 1. The number of hydrogen-bond donors (Lipinski definition) is 1. The molecule has 8 nitrogen and oxygen atoms in total. The quantitative estimate of drug-likeness (QED) is 0.286. The second-order valence-corrected chi connectivity index (χ2v) is 14.3. The lowest BCUT2D eigenvalue weighted by molar-refractivity contribution is 0.0485. The van der Waals surface area contributed by atoms with Crippen molar-refractivity contribution in [1.29, 1.82) is 0 Å². The lowest BCUT2D eigenvalue weighted by Crippen LogP contribution is -2.41. The van der Waals surface area contributed by atoms with Gasteiger partial charge in [0.15, 0.2) is 0 Å². The molecule has 1 N–H and O–H groups in total. The Hall–Kier alpha value is -3.46. The third-order valence-electron chi connectivity index (χ3n) is 9.63. The number of carbonyl (C=O) groups is 2. The van der Waals surface area contributed by atoms with Gasteiger partial charge in [-0.15, -0.1) is 0 Å². The van der Waals surface area contributed by atoms with Gasteiger partial charge in [0.1, 0.15) is 11.4 Å². The van der Waals surface area contributed by atoms with Crippen molar-refractivity contribution in [2.45, 2.75) is 103 Å². The summed E-state index contributed by atoms with van der Waals surface area (Å²) in [6.45, 7) is 12.8. The molecule has 5 rings (SSSR count). The molecule has 0 spiro atoms. The number of nitrogens with one attached hydrogen (secondary N) is 1. The number of piperidine rings is 1. The van der Waals surface area contributed by atoms with Crippen molar-refractivity contribution >= 4 is 22.9 Å². The van der Waals surface area contributed by atoms with Crippen LogP contribution < -0.4 is 5.32 Å². The second-order valence-electron chi connectivity index (χ2n) is 14.3. The Morgan fingerprint density at radius 1 is 1.09 bits per heavy atom. The highest BCUT2D eigenvalue weighted by molar-refractivity contribution is 5.99. The van der Waals surface area contributed by atoms with Crippen LogP contribution in [0.1, 0.15) is 101 Å². The fraction of sp³-hybridized carbons (Fsp3) is 0.583. The summed E-state index contributed by atoms with van der Waals surface area (Å²) in [5.41, 5.74) is 2.75. The van der Waals surface area contributed by atoms with E-state index in [0.717, 1.165) is 69.1 Å². The van der Waals surface area contributed by atoms with E-state index in [1.54, 1.807) is 18.0 Å². The molecule has 1 saturated carbocycles. The molecule has 0 radical (unpaired) electrons. The first-order valence-electron chi connectivity index (χ1n) is 16.6. The third kappa shape index (κ3) is 8.04. The fourth-order valence-electron chi connectivity index (χ4n) is 6.84. The number of likely N-dealkylation sites (tertiary alicyclic amines) is 1. The zero-order valence-electron chi connectivity index (χ0n) is 27.8. The smallest absolute Gasteiger partial charge is 0.407 e. The minimum atomic E-state index is -0.472. The Kier molecular flexibility index (Phi) is 10.2. The zero-order valence-corrected chi connectivity index (χ0v) is 27.8. The van der Waals surface area contributed by atoms with Crippen LogP contribution in [0, 0.1) is 11.7 Å². The highest BCUT2D eigenvalue weighted by Crippen LogP contribution is 2.37. The Morgan fingerprint density at radius 2 is 1.80 bits per heavy atom. The number of fused-ring (bicyclic) bond motifs is 1. The van der Waals surface area contributed by atoms with Crippen molar-refractivity contribution in [2.75, 3.05) is 26.7 Å². The molecule has 0 bridgehead atoms. The maximum absolute atomic E-state index is 14.4. The molecule has 3 heterocycles. The SMILES string of the molecule is CC(C)N(C)C(=O)c1cc(F)ccc1-n1cc(C2CCN(CC[C@H]3CC[C@H](NC(=O)OC(C)(C)C)CC3)CC2)c2ccncc21. The number of carbonyl (C=O) groups excluding carboxylic acids is 2. The average Bonchev–Trinajstić information content (AvgIpc) is 3.38. The number of aromatic nitrogens is 2. The molecule has 3 aromatic rings. The van der Waals surface area contributed by atoms with Crippen LogP contribution >= 0.6 is 0 Å². The van der Waals surface area contributed by atoms with E-state index in [-0.39, 0.29) is 24.1 Å². The first-order valence-corrected chi connectivity index (χ1v) is 16.6. The normalized spacial score (nSPS) is 20.0. The van der Waals surface area contributed by atoms with Gasteiger partial charge in [0.25, 0.3) is 5.91 Å².